The average Bonchev–Trinajstić information content (AvgIpc) is 2.73. The van der Waals surface area contributed by atoms with Gasteiger partial charge in [0.2, 0.25) is 0 Å². The van der Waals surface area contributed by atoms with Crippen LogP contribution in [0.25, 0.3) is 0 Å². The zero-order valence-electron chi connectivity index (χ0n) is 16.0. The molecule has 0 fully saturated rings. The van der Waals surface area contributed by atoms with Crippen molar-refractivity contribution >= 4 is 29.1 Å². The van der Waals surface area contributed by atoms with Crippen LogP contribution in [0.3, 0.4) is 0 Å². The molecule has 0 saturated carbocycles. The molecule has 1 aliphatic heterocycles. The normalized spacial score (nSPS) is 14.0. The molecule has 1 amide bonds. The largest absolute Gasteiger partial charge is 0.482 e. The zero-order valence-corrected chi connectivity index (χ0v) is 16.8. The lowest BCUT2D eigenvalue weighted by Crippen LogP contribution is -2.39. The maximum atomic E-state index is 12.9. The fourth-order valence-corrected chi connectivity index (χ4v) is 4.00. The molecule has 0 saturated heterocycles. The van der Waals surface area contributed by atoms with E-state index in [0.717, 1.165) is 12.0 Å². The first kappa shape index (κ1) is 20.0. The van der Waals surface area contributed by atoms with E-state index < -0.39 is 0 Å². The second-order valence-corrected chi connectivity index (χ2v) is 7.98. The first-order valence-electron chi connectivity index (χ1n) is 9.25. The molecule has 0 N–H and O–H groups in total. The standard InChI is InChI=1S/C22H22N2O3S/c1-3-9-24-19-11-18(7-8-20(19)27-13-21(24)25)22(26)15(2)28-14-17-6-4-5-16(10-17)12-23/h4-8,10-11,15H,3,9,13-14H2,1-2H3. The third-order valence-corrected chi connectivity index (χ3v) is 5.77. The second-order valence-electron chi connectivity index (χ2n) is 6.65. The number of hydrogen-bond acceptors (Lipinski definition) is 5. The Kier molecular flexibility index (Phi) is 6.37. The molecule has 1 unspecified atom stereocenters. The van der Waals surface area contributed by atoms with Crippen molar-refractivity contribution in [3.63, 3.8) is 0 Å². The van der Waals surface area contributed by atoms with Crippen LogP contribution in [0.1, 0.15) is 41.8 Å². The molecule has 0 aromatic heterocycles. The predicted octanol–water partition coefficient (Wildman–Crippen LogP) is 4.20. The number of Topliss-reactive ketones (excluding diaryl/α,β-unsaturated/α-hetero) is 1. The molecule has 0 radical (unpaired) electrons. The molecule has 144 valence electrons. The summed E-state index contributed by atoms with van der Waals surface area (Å²) in [6, 6.07) is 14.8. The van der Waals surface area contributed by atoms with Crippen LogP contribution in [0.5, 0.6) is 5.75 Å². The Hall–Kier alpha value is -2.78. The van der Waals surface area contributed by atoms with Gasteiger partial charge in [0.1, 0.15) is 5.75 Å². The number of hydrogen-bond donors (Lipinski definition) is 0. The van der Waals surface area contributed by atoms with Crippen LogP contribution >= 0.6 is 11.8 Å². The van der Waals surface area contributed by atoms with Gasteiger partial charge in [0.15, 0.2) is 12.4 Å². The fourth-order valence-electron chi connectivity index (χ4n) is 3.09. The number of carbonyl (C=O) groups excluding carboxylic acids is 2. The topological polar surface area (TPSA) is 70.4 Å². The van der Waals surface area contributed by atoms with Gasteiger partial charge in [-0.25, -0.2) is 0 Å². The molecule has 0 spiro atoms. The summed E-state index contributed by atoms with van der Waals surface area (Å²) in [5.41, 5.74) is 2.88. The molecule has 6 heteroatoms. The lowest BCUT2D eigenvalue weighted by atomic mass is 10.1. The number of amides is 1. The van der Waals surface area contributed by atoms with Gasteiger partial charge in [-0.1, -0.05) is 19.1 Å². The maximum absolute atomic E-state index is 12.9. The average molecular weight is 394 g/mol. The first-order valence-corrected chi connectivity index (χ1v) is 10.3. The van der Waals surface area contributed by atoms with Crippen LogP contribution < -0.4 is 9.64 Å². The van der Waals surface area contributed by atoms with Crippen molar-refractivity contribution in [2.24, 2.45) is 0 Å². The SMILES string of the molecule is CCCN1C(=O)COc2ccc(C(=O)C(C)SCc3cccc(C#N)c3)cc21. The number of rotatable bonds is 7. The quantitative estimate of drug-likeness (QED) is 0.658. The number of nitrogens with zero attached hydrogens (tertiary/aromatic N) is 2. The number of benzene rings is 2. The van der Waals surface area contributed by atoms with Crippen molar-refractivity contribution in [1.82, 2.24) is 0 Å². The predicted molar refractivity (Wildman–Crippen MR) is 111 cm³/mol. The van der Waals surface area contributed by atoms with Gasteiger partial charge < -0.3 is 9.64 Å². The molecule has 28 heavy (non-hydrogen) atoms. The molecular formula is C22H22N2O3S. The smallest absolute Gasteiger partial charge is 0.265 e. The van der Waals surface area contributed by atoms with Crippen molar-refractivity contribution in [2.75, 3.05) is 18.1 Å². The van der Waals surface area contributed by atoms with E-state index in [2.05, 4.69) is 6.07 Å². The van der Waals surface area contributed by atoms with E-state index in [1.165, 1.54) is 11.8 Å². The summed E-state index contributed by atoms with van der Waals surface area (Å²) >= 11 is 1.53. The summed E-state index contributed by atoms with van der Waals surface area (Å²) in [6.45, 7) is 4.53. The number of anilines is 1. The molecule has 2 aromatic rings. The first-order chi connectivity index (χ1) is 13.5. The molecule has 2 aromatic carbocycles. The van der Waals surface area contributed by atoms with Crippen LogP contribution in [0.15, 0.2) is 42.5 Å². The Morgan fingerprint density at radius 3 is 2.89 bits per heavy atom. The number of ketones is 1. The molecular weight excluding hydrogens is 372 g/mol. The fraction of sp³-hybridized carbons (Fsp3) is 0.318. The van der Waals surface area contributed by atoms with E-state index in [1.54, 1.807) is 29.2 Å². The van der Waals surface area contributed by atoms with Crippen LogP contribution in [-0.4, -0.2) is 30.1 Å². The zero-order chi connectivity index (χ0) is 20.1. The third-order valence-electron chi connectivity index (χ3n) is 4.56. The highest BCUT2D eigenvalue weighted by molar-refractivity contribution is 7.99. The van der Waals surface area contributed by atoms with Gasteiger partial charge in [-0.15, -0.1) is 11.8 Å². The van der Waals surface area contributed by atoms with Crippen molar-refractivity contribution in [3.05, 3.63) is 59.2 Å². The van der Waals surface area contributed by atoms with Crippen LogP contribution in [0.4, 0.5) is 5.69 Å². The highest BCUT2D eigenvalue weighted by atomic mass is 32.2. The number of nitriles is 1. The van der Waals surface area contributed by atoms with Crippen molar-refractivity contribution in [3.8, 4) is 11.8 Å². The van der Waals surface area contributed by atoms with Crippen molar-refractivity contribution in [1.29, 1.82) is 5.26 Å². The molecule has 1 atom stereocenters. The molecule has 5 nitrogen and oxygen atoms in total. The summed E-state index contributed by atoms with van der Waals surface area (Å²) in [5.74, 6) is 1.22. The van der Waals surface area contributed by atoms with Gasteiger partial charge in [-0.05, 0) is 49.2 Å². The molecule has 0 bridgehead atoms. The Morgan fingerprint density at radius 2 is 2.14 bits per heavy atom. The van der Waals surface area contributed by atoms with Crippen LogP contribution in [-0.2, 0) is 10.5 Å². The Bertz CT molecular complexity index is 936. The van der Waals surface area contributed by atoms with Gasteiger partial charge in [-0.2, -0.15) is 5.26 Å². The summed E-state index contributed by atoms with van der Waals surface area (Å²) in [6.07, 6.45) is 0.831. The monoisotopic (exact) mass is 394 g/mol. The highest BCUT2D eigenvalue weighted by Gasteiger charge is 2.26. The molecule has 0 aliphatic carbocycles. The Balaban J connectivity index is 1.73. The minimum absolute atomic E-state index is 0.0127. The number of ether oxygens (including phenoxy) is 1. The minimum Gasteiger partial charge on any atom is -0.482 e. The van der Waals surface area contributed by atoms with Crippen LogP contribution in [0, 0.1) is 11.3 Å². The van der Waals surface area contributed by atoms with Gasteiger partial charge in [0.05, 0.1) is 22.6 Å². The van der Waals surface area contributed by atoms with Crippen molar-refractivity contribution in [2.45, 2.75) is 31.3 Å². The Morgan fingerprint density at radius 1 is 1.32 bits per heavy atom. The van der Waals surface area contributed by atoms with E-state index in [-0.39, 0.29) is 23.5 Å². The summed E-state index contributed by atoms with van der Waals surface area (Å²) in [4.78, 5) is 26.8. The Labute approximate surface area is 169 Å². The lowest BCUT2D eigenvalue weighted by Gasteiger charge is -2.29. The summed E-state index contributed by atoms with van der Waals surface area (Å²) < 4.78 is 5.50. The molecule has 1 aliphatic rings. The van der Waals surface area contributed by atoms with Gasteiger partial charge in [0.25, 0.3) is 5.91 Å². The third kappa shape index (κ3) is 4.37. The number of thioether (sulfide) groups is 1. The summed E-state index contributed by atoms with van der Waals surface area (Å²) in [5, 5.41) is 8.76. The minimum atomic E-state index is -0.247. The van der Waals surface area contributed by atoms with Gasteiger partial charge in [-0.3, -0.25) is 9.59 Å². The van der Waals surface area contributed by atoms with E-state index >= 15 is 0 Å². The van der Waals surface area contributed by atoms with E-state index in [0.29, 0.717) is 34.9 Å². The highest BCUT2D eigenvalue weighted by Crippen LogP contribution is 2.34. The van der Waals surface area contributed by atoms with E-state index in [1.807, 2.05) is 32.0 Å². The van der Waals surface area contributed by atoms with Crippen molar-refractivity contribution < 1.29 is 14.3 Å². The molecule has 1 heterocycles. The van der Waals surface area contributed by atoms with E-state index in [9.17, 15) is 9.59 Å². The molecule has 3 rings (SSSR count). The van der Waals surface area contributed by atoms with Gasteiger partial charge >= 0.3 is 0 Å². The number of carbonyl (C=O) groups is 2. The summed E-state index contributed by atoms with van der Waals surface area (Å²) in [7, 11) is 0. The second kappa shape index (κ2) is 8.94. The lowest BCUT2D eigenvalue weighted by molar-refractivity contribution is -0.121. The van der Waals surface area contributed by atoms with Crippen LogP contribution in [0.2, 0.25) is 0 Å². The van der Waals surface area contributed by atoms with E-state index in [4.69, 9.17) is 10.00 Å². The number of fused-ring (bicyclic) bond motifs is 1. The maximum Gasteiger partial charge on any atom is 0.265 e. The van der Waals surface area contributed by atoms with Gasteiger partial charge in [0, 0.05) is 17.9 Å².